The summed E-state index contributed by atoms with van der Waals surface area (Å²) in [6.45, 7) is 6.45. The molecule has 0 radical (unpaired) electrons. The van der Waals surface area contributed by atoms with Crippen molar-refractivity contribution in [3.05, 3.63) is 36.5 Å². The molecule has 0 aliphatic heterocycles. The lowest BCUT2D eigenvalue weighted by molar-refractivity contribution is -0.151. The number of carbonyl (C=O) groups is 2. The van der Waals surface area contributed by atoms with E-state index in [0.717, 1.165) is 83.5 Å². The van der Waals surface area contributed by atoms with Gasteiger partial charge in [-0.3, -0.25) is 9.59 Å². The highest BCUT2D eigenvalue weighted by Gasteiger charge is 2.24. The SMILES string of the molecule is CCCCC/C=C/C=C/CCCCCCC(CC(=O)NC(CO)C(O)CCCCCCCCCCCCC)OC(=O)CCCCCCC/C=C/CCCCCCCCCCC. The molecule has 0 aromatic carbocycles. The second kappa shape index (κ2) is 49.1. The highest BCUT2D eigenvalue weighted by atomic mass is 16.5. The monoisotopic (exact) mass is 858 g/mol. The smallest absolute Gasteiger partial charge is 0.306 e. The summed E-state index contributed by atoms with van der Waals surface area (Å²) >= 11 is 0. The van der Waals surface area contributed by atoms with E-state index in [4.69, 9.17) is 4.74 Å². The Morgan fingerprint density at radius 1 is 0.475 bits per heavy atom. The molecule has 3 atom stereocenters. The van der Waals surface area contributed by atoms with Gasteiger partial charge in [0.1, 0.15) is 6.10 Å². The van der Waals surface area contributed by atoms with Gasteiger partial charge in [-0.25, -0.2) is 0 Å². The summed E-state index contributed by atoms with van der Waals surface area (Å²) < 4.78 is 5.93. The molecule has 0 aliphatic carbocycles. The highest BCUT2D eigenvalue weighted by molar-refractivity contribution is 5.77. The van der Waals surface area contributed by atoms with Crippen LogP contribution in [-0.2, 0) is 14.3 Å². The van der Waals surface area contributed by atoms with Crippen LogP contribution >= 0.6 is 0 Å². The van der Waals surface area contributed by atoms with Gasteiger partial charge >= 0.3 is 5.97 Å². The van der Waals surface area contributed by atoms with Crippen molar-refractivity contribution in [3.8, 4) is 0 Å². The number of aliphatic hydroxyl groups excluding tert-OH is 2. The second-order valence-corrected chi connectivity index (χ2v) is 18.3. The summed E-state index contributed by atoms with van der Waals surface area (Å²) in [5, 5.41) is 23.7. The van der Waals surface area contributed by atoms with Gasteiger partial charge in [0.25, 0.3) is 0 Å². The topological polar surface area (TPSA) is 95.9 Å². The molecule has 0 spiro atoms. The molecular weight excluding hydrogens is 755 g/mol. The highest BCUT2D eigenvalue weighted by Crippen LogP contribution is 2.18. The number of nitrogens with one attached hydrogen (secondary N) is 1. The molecule has 0 saturated heterocycles. The van der Waals surface area contributed by atoms with E-state index in [1.165, 1.54) is 148 Å². The molecule has 61 heavy (non-hydrogen) atoms. The Morgan fingerprint density at radius 3 is 1.30 bits per heavy atom. The predicted molar refractivity (Wildman–Crippen MR) is 264 cm³/mol. The van der Waals surface area contributed by atoms with Gasteiger partial charge in [0.2, 0.25) is 5.91 Å². The van der Waals surface area contributed by atoms with Crippen LogP contribution in [0.4, 0.5) is 0 Å². The van der Waals surface area contributed by atoms with Crippen molar-refractivity contribution in [3.63, 3.8) is 0 Å². The number of carbonyl (C=O) groups excluding carboxylic acids is 2. The number of ether oxygens (including phenoxy) is 1. The Morgan fingerprint density at radius 2 is 0.836 bits per heavy atom. The van der Waals surface area contributed by atoms with Gasteiger partial charge < -0.3 is 20.3 Å². The second-order valence-electron chi connectivity index (χ2n) is 18.3. The van der Waals surface area contributed by atoms with Gasteiger partial charge in [-0.2, -0.15) is 0 Å². The lowest BCUT2D eigenvalue weighted by Crippen LogP contribution is -2.46. The molecule has 0 aliphatic rings. The Hall–Kier alpha value is -1.92. The summed E-state index contributed by atoms with van der Waals surface area (Å²) in [7, 11) is 0. The van der Waals surface area contributed by atoms with Crippen molar-refractivity contribution >= 4 is 11.9 Å². The molecular formula is C55H103NO5. The standard InChI is InChI=1S/C55H103NO5/c1-4-7-10-13-16-19-22-24-25-26-27-28-30-33-36-39-42-45-48-55(60)61-51(46-43-40-37-34-32-29-23-20-17-14-11-8-5-2)49-54(59)56-52(50-57)53(58)47-44-41-38-35-31-21-18-15-12-9-6-3/h17,20,23,27-29,51-53,57-58H,4-16,18-19,21-22,24-26,30-50H2,1-3H3,(H,56,59)/b20-17+,28-27+,29-23+. The Balaban J connectivity index is 4.56. The first-order valence-corrected chi connectivity index (χ1v) is 26.7. The zero-order chi connectivity index (χ0) is 44.5. The maximum absolute atomic E-state index is 13.2. The molecule has 0 aromatic rings. The number of esters is 1. The fourth-order valence-electron chi connectivity index (χ4n) is 8.12. The van der Waals surface area contributed by atoms with Gasteiger partial charge in [-0.15, -0.1) is 0 Å². The van der Waals surface area contributed by atoms with Crippen molar-refractivity contribution in [2.75, 3.05) is 6.61 Å². The molecule has 0 fully saturated rings. The molecule has 0 aromatic heterocycles. The molecule has 358 valence electrons. The van der Waals surface area contributed by atoms with Crippen LogP contribution < -0.4 is 5.32 Å². The number of hydrogen-bond acceptors (Lipinski definition) is 5. The van der Waals surface area contributed by atoms with Gasteiger partial charge in [0, 0.05) is 6.42 Å². The molecule has 0 bridgehead atoms. The maximum atomic E-state index is 13.2. The fraction of sp³-hybridized carbons (Fsp3) is 0.855. The third-order valence-electron chi connectivity index (χ3n) is 12.2. The third-order valence-corrected chi connectivity index (χ3v) is 12.2. The summed E-state index contributed by atoms with van der Waals surface area (Å²) in [5.74, 6) is -0.495. The van der Waals surface area contributed by atoms with Gasteiger partial charge in [0.05, 0.1) is 25.2 Å². The van der Waals surface area contributed by atoms with E-state index >= 15 is 0 Å². The van der Waals surface area contributed by atoms with Crippen LogP contribution in [0.2, 0.25) is 0 Å². The van der Waals surface area contributed by atoms with Crippen LogP contribution in [0.15, 0.2) is 36.5 Å². The molecule has 3 unspecified atom stereocenters. The van der Waals surface area contributed by atoms with Crippen molar-refractivity contribution in [2.24, 2.45) is 0 Å². The van der Waals surface area contributed by atoms with Crippen LogP contribution in [0.25, 0.3) is 0 Å². The van der Waals surface area contributed by atoms with Gasteiger partial charge in [-0.05, 0) is 77.0 Å². The van der Waals surface area contributed by atoms with Crippen LogP contribution in [0.5, 0.6) is 0 Å². The Labute approximate surface area is 379 Å². The molecule has 6 heteroatoms. The minimum atomic E-state index is -0.792. The molecule has 3 N–H and O–H groups in total. The van der Waals surface area contributed by atoms with E-state index in [0.29, 0.717) is 19.3 Å². The first-order valence-electron chi connectivity index (χ1n) is 26.7. The van der Waals surface area contributed by atoms with E-state index in [9.17, 15) is 19.8 Å². The van der Waals surface area contributed by atoms with Crippen LogP contribution in [0.1, 0.15) is 278 Å². The number of amides is 1. The predicted octanol–water partition coefficient (Wildman–Crippen LogP) is 16.1. The number of allylic oxidation sites excluding steroid dienone is 6. The zero-order valence-electron chi connectivity index (χ0n) is 40.8. The Bertz CT molecular complexity index is 1010. The van der Waals surface area contributed by atoms with E-state index < -0.39 is 18.2 Å². The summed E-state index contributed by atoms with van der Waals surface area (Å²) in [4.78, 5) is 26.1. The van der Waals surface area contributed by atoms with Crippen LogP contribution in [0, 0.1) is 0 Å². The summed E-state index contributed by atoms with van der Waals surface area (Å²) in [6.07, 6.45) is 57.8. The summed E-state index contributed by atoms with van der Waals surface area (Å²) in [6, 6.07) is -0.707. The number of unbranched alkanes of at least 4 members (excludes halogenated alkanes) is 31. The number of rotatable bonds is 48. The van der Waals surface area contributed by atoms with Crippen LogP contribution in [0.3, 0.4) is 0 Å². The fourth-order valence-corrected chi connectivity index (χ4v) is 8.12. The minimum absolute atomic E-state index is 0.0629. The van der Waals surface area contributed by atoms with E-state index in [1.807, 2.05) is 0 Å². The first kappa shape index (κ1) is 59.1. The van der Waals surface area contributed by atoms with Crippen LogP contribution in [-0.4, -0.2) is 46.9 Å². The van der Waals surface area contributed by atoms with E-state index in [2.05, 4.69) is 62.5 Å². The molecule has 1 amide bonds. The average molecular weight is 858 g/mol. The van der Waals surface area contributed by atoms with Crippen molar-refractivity contribution in [1.82, 2.24) is 5.32 Å². The zero-order valence-corrected chi connectivity index (χ0v) is 40.8. The Kier molecular flexibility index (Phi) is 47.6. The van der Waals surface area contributed by atoms with Crippen molar-refractivity contribution < 1.29 is 24.5 Å². The largest absolute Gasteiger partial charge is 0.462 e. The lowest BCUT2D eigenvalue weighted by atomic mass is 10.0. The number of aliphatic hydroxyl groups is 2. The quantitative estimate of drug-likeness (QED) is 0.0245. The maximum Gasteiger partial charge on any atom is 0.306 e. The van der Waals surface area contributed by atoms with E-state index in [-0.39, 0.29) is 24.9 Å². The van der Waals surface area contributed by atoms with Gasteiger partial charge in [-0.1, -0.05) is 224 Å². The normalized spacial score (nSPS) is 13.5. The molecule has 0 saturated carbocycles. The molecule has 0 rings (SSSR count). The third kappa shape index (κ3) is 44.5. The number of hydrogen-bond donors (Lipinski definition) is 3. The molecule has 0 heterocycles. The molecule has 6 nitrogen and oxygen atoms in total. The minimum Gasteiger partial charge on any atom is -0.462 e. The van der Waals surface area contributed by atoms with Crippen molar-refractivity contribution in [1.29, 1.82) is 0 Å². The van der Waals surface area contributed by atoms with Gasteiger partial charge in [0.15, 0.2) is 0 Å². The van der Waals surface area contributed by atoms with Crippen molar-refractivity contribution in [2.45, 2.75) is 296 Å². The van der Waals surface area contributed by atoms with E-state index in [1.54, 1.807) is 0 Å². The first-order chi connectivity index (χ1) is 30.0. The average Bonchev–Trinajstić information content (AvgIpc) is 3.25. The summed E-state index contributed by atoms with van der Waals surface area (Å²) in [5.41, 5.74) is 0. The lowest BCUT2D eigenvalue weighted by Gasteiger charge is -2.24.